The summed E-state index contributed by atoms with van der Waals surface area (Å²) < 4.78 is 47.1. The molecule has 3 aromatic rings. The van der Waals surface area contributed by atoms with Crippen molar-refractivity contribution in [3.05, 3.63) is 65.9 Å². The number of benzene rings is 2. The summed E-state index contributed by atoms with van der Waals surface area (Å²) in [5.74, 6) is -0.955. The second-order valence-corrected chi connectivity index (χ2v) is 8.81. The lowest BCUT2D eigenvalue weighted by Gasteiger charge is -2.16. The van der Waals surface area contributed by atoms with Crippen LogP contribution in [0.2, 0.25) is 0 Å². The second-order valence-electron chi connectivity index (χ2n) is 8.81. The van der Waals surface area contributed by atoms with Gasteiger partial charge in [-0.25, -0.2) is 4.79 Å². The summed E-state index contributed by atoms with van der Waals surface area (Å²) in [5.41, 5.74) is -0.651. The maximum atomic E-state index is 13.5. The van der Waals surface area contributed by atoms with Crippen molar-refractivity contribution < 1.29 is 36.8 Å². The third-order valence-electron chi connectivity index (χ3n) is 6.09. The quantitative estimate of drug-likeness (QED) is 0.397. The molecular formula is C25H25F3N5O4+. The first-order chi connectivity index (χ1) is 17.6. The van der Waals surface area contributed by atoms with Gasteiger partial charge in [0.05, 0.1) is 11.5 Å². The monoisotopic (exact) mass is 516 g/mol. The van der Waals surface area contributed by atoms with Gasteiger partial charge in [0.15, 0.2) is 6.04 Å². The molecule has 3 N–H and O–H groups in total. The first-order valence-electron chi connectivity index (χ1n) is 11.6. The zero-order chi connectivity index (χ0) is 26.6. The number of hydrogen-bond acceptors (Lipinski definition) is 5. The van der Waals surface area contributed by atoms with Gasteiger partial charge in [-0.2, -0.15) is 13.2 Å². The van der Waals surface area contributed by atoms with E-state index in [9.17, 15) is 27.6 Å². The summed E-state index contributed by atoms with van der Waals surface area (Å²) >= 11 is 0. The van der Waals surface area contributed by atoms with Gasteiger partial charge in [-0.15, -0.1) is 0 Å². The second kappa shape index (κ2) is 10.8. The van der Waals surface area contributed by atoms with Crippen molar-refractivity contribution in [3.63, 3.8) is 0 Å². The number of hydrogen-bond donors (Lipinski definition) is 3. The lowest BCUT2D eigenvalue weighted by molar-refractivity contribution is -0.786. The molecule has 0 unspecified atom stereocenters. The normalized spacial score (nSPS) is 15.2. The zero-order valence-corrected chi connectivity index (χ0v) is 19.8. The molecule has 0 radical (unpaired) electrons. The largest absolute Gasteiger partial charge is 0.416 e. The predicted molar refractivity (Wildman–Crippen MR) is 127 cm³/mol. The van der Waals surface area contributed by atoms with Crippen molar-refractivity contribution in [1.29, 1.82) is 0 Å². The number of rotatable bonds is 6. The summed E-state index contributed by atoms with van der Waals surface area (Å²) in [6.45, 7) is 1.64. The first-order valence-corrected chi connectivity index (χ1v) is 11.6. The summed E-state index contributed by atoms with van der Waals surface area (Å²) in [6, 6.07) is 10.7. The average Bonchev–Trinajstić information content (AvgIpc) is 3.32. The van der Waals surface area contributed by atoms with Crippen LogP contribution in [0, 0.1) is 0 Å². The SMILES string of the molecule is C[C@H](C(=O)Nc1cc(NC(=O)Nc2c[n+](C3CCC(=O)CC3)no2)cc(C(F)(F)F)c1)c1ccccc1. The van der Waals surface area contributed by atoms with Crippen LogP contribution >= 0.6 is 0 Å². The molecular weight excluding hydrogens is 491 g/mol. The van der Waals surface area contributed by atoms with Crippen LogP contribution in [-0.2, 0) is 15.8 Å². The van der Waals surface area contributed by atoms with E-state index in [-0.39, 0.29) is 29.1 Å². The molecule has 37 heavy (non-hydrogen) atoms. The maximum Gasteiger partial charge on any atom is 0.416 e. The van der Waals surface area contributed by atoms with E-state index in [2.05, 4.69) is 21.2 Å². The Morgan fingerprint density at radius 3 is 2.32 bits per heavy atom. The minimum Gasteiger partial charge on any atom is -0.325 e. The van der Waals surface area contributed by atoms with Gasteiger partial charge in [-0.1, -0.05) is 30.3 Å². The number of amides is 3. The number of ketones is 1. The molecule has 0 spiro atoms. The Bertz CT molecular complexity index is 1280. The van der Waals surface area contributed by atoms with Gasteiger partial charge in [0.25, 0.3) is 6.20 Å². The minimum absolute atomic E-state index is 0.0217. The van der Waals surface area contributed by atoms with Gasteiger partial charge in [0.1, 0.15) is 5.78 Å². The molecule has 9 nitrogen and oxygen atoms in total. The van der Waals surface area contributed by atoms with Crippen molar-refractivity contribution >= 4 is 35.0 Å². The number of carbonyl (C=O) groups excluding carboxylic acids is 3. The zero-order valence-electron chi connectivity index (χ0n) is 19.8. The van der Waals surface area contributed by atoms with Crippen LogP contribution in [0.3, 0.4) is 0 Å². The molecule has 1 atom stereocenters. The number of urea groups is 1. The molecule has 3 amide bonds. The van der Waals surface area contributed by atoms with Crippen LogP contribution in [0.15, 0.2) is 59.3 Å². The van der Waals surface area contributed by atoms with Crippen LogP contribution in [0.4, 0.5) is 35.2 Å². The molecule has 0 aliphatic heterocycles. The highest BCUT2D eigenvalue weighted by molar-refractivity contribution is 6.00. The van der Waals surface area contributed by atoms with E-state index < -0.39 is 29.6 Å². The van der Waals surface area contributed by atoms with Crippen molar-refractivity contribution in [2.75, 3.05) is 16.0 Å². The van der Waals surface area contributed by atoms with E-state index in [1.165, 1.54) is 16.9 Å². The number of halogens is 3. The highest BCUT2D eigenvalue weighted by Crippen LogP contribution is 2.34. The van der Waals surface area contributed by atoms with Gasteiger partial charge in [0, 0.05) is 37.1 Å². The third-order valence-corrected chi connectivity index (χ3v) is 6.09. The van der Waals surface area contributed by atoms with Crippen LogP contribution in [0.5, 0.6) is 0 Å². The fraction of sp³-hybridized carbons (Fsp3) is 0.320. The Hall–Kier alpha value is -4.22. The Kier molecular flexibility index (Phi) is 7.55. The standard InChI is InChI=1S/C25H24F3N5O4/c1-15(16-5-3-2-4-6-16)23(35)29-18-11-17(25(26,27)28)12-19(13-18)30-24(36)31-22-14-33(32-37-22)20-7-9-21(34)10-8-20/h2-6,11-15,20H,7-10H2,1H3,(H2-,29,30,31,32,35,36)/p+1/t15-/m0/s1. The average molecular weight is 517 g/mol. The van der Waals surface area contributed by atoms with Gasteiger partial charge in [0.2, 0.25) is 11.2 Å². The molecule has 0 saturated heterocycles. The molecule has 0 bridgehead atoms. The minimum atomic E-state index is -4.71. The molecule has 1 fully saturated rings. The molecule has 1 aliphatic carbocycles. The highest BCUT2D eigenvalue weighted by Gasteiger charge is 2.32. The van der Waals surface area contributed by atoms with Gasteiger partial charge < -0.3 is 10.6 Å². The molecule has 1 aliphatic rings. The van der Waals surface area contributed by atoms with E-state index in [0.717, 1.165) is 12.1 Å². The summed E-state index contributed by atoms with van der Waals surface area (Å²) in [5, 5.41) is 11.1. The van der Waals surface area contributed by atoms with Crippen LogP contribution in [0.1, 0.15) is 55.7 Å². The van der Waals surface area contributed by atoms with E-state index in [0.29, 0.717) is 31.2 Å². The van der Waals surface area contributed by atoms with Crippen LogP contribution < -0.4 is 20.6 Å². The predicted octanol–water partition coefficient (Wildman–Crippen LogP) is 5.05. The lowest BCUT2D eigenvalue weighted by Crippen LogP contribution is -2.42. The highest BCUT2D eigenvalue weighted by atomic mass is 19.4. The molecule has 1 saturated carbocycles. The number of alkyl halides is 3. The number of aromatic nitrogens is 2. The van der Waals surface area contributed by atoms with Crippen molar-refractivity contribution in [1.82, 2.24) is 5.27 Å². The Balaban J connectivity index is 1.45. The molecule has 194 valence electrons. The van der Waals surface area contributed by atoms with Gasteiger partial charge in [-0.3, -0.25) is 19.4 Å². The summed E-state index contributed by atoms with van der Waals surface area (Å²) in [7, 11) is 0. The van der Waals surface area contributed by atoms with Crippen molar-refractivity contribution in [2.24, 2.45) is 0 Å². The number of anilines is 3. The van der Waals surface area contributed by atoms with Crippen LogP contribution in [-0.4, -0.2) is 23.0 Å². The smallest absolute Gasteiger partial charge is 0.325 e. The molecule has 1 aromatic heterocycles. The number of carbonyl (C=O) groups is 3. The summed E-state index contributed by atoms with van der Waals surface area (Å²) in [4.78, 5) is 36.6. The number of nitrogens with zero attached hydrogens (tertiary/aromatic N) is 2. The van der Waals surface area contributed by atoms with E-state index in [4.69, 9.17) is 4.52 Å². The fourth-order valence-electron chi connectivity index (χ4n) is 4.03. The maximum absolute atomic E-state index is 13.5. The van der Waals surface area contributed by atoms with Crippen molar-refractivity contribution in [2.45, 2.75) is 50.7 Å². The van der Waals surface area contributed by atoms with Crippen LogP contribution in [0.25, 0.3) is 0 Å². The van der Waals surface area contributed by atoms with Gasteiger partial charge in [-0.05, 0) is 35.4 Å². The Morgan fingerprint density at radius 1 is 1.03 bits per heavy atom. The third kappa shape index (κ3) is 6.72. The van der Waals surface area contributed by atoms with Crippen molar-refractivity contribution in [3.8, 4) is 0 Å². The summed E-state index contributed by atoms with van der Waals surface area (Å²) in [6.07, 6.45) is -1.19. The number of nitrogens with one attached hydrogen (secondary N) is 3. The Morgan fingerprint density at radius 2 is 1.68 bits per heavy atom. The molecule has 2 aromatic carbocycles. The first kappa shape index (κ1) is 25.9. The fourth-order valence-corrected chi connectivity index (χ4v) is 4.03. The topological polar surface area (TPSA) is 117 Å². The molecule has 12 heteroatoms. The van der Waals surface area contributed by atoms with Gasteiger partial charge >= 0.3 is 18.1 Å². The van der Waals surface area contributed by atoms with E-state index >= 15 is 0 Å². The Labute approximate surface area is 210 Å². The molecule has 4 rings (SSSR count). The number of Topliss-reactive ketones (excluding diaryl/α,β-unsaturated/α-hetero) is 1. The van der Waals surface area contributed by atoms with E-state index in [1.807, 2.05) is 0 Å². The van der Waals surface area contributed by atoms with E-state index in [1.54, 1.807) is 37.3 Å². The molecule has 1 heterocycles. The lowest BCUT2D eigenvalue weighted by atomic mass is 9.95.